The van der Waals surface area contributed by atoms with Crippen molar-refractivity contribution in [3.63, 3.8) is 0 Å². The summed E-state index contributed by atoms with van der Waals surface area (Å²) in [6, 6.07) is 0. The van der Waals surface area contributed by atoms with E-state index >= 15 is 0 Å². The van der Waals surface area contributed by atoms with E-state index < -0.39 is 10.1 Å². The molecule has 0 heterocycles. The highest BCUT2D eigenvalue weighted by Gasteiger charge is 1.94. The highest BCUT2D eigenvalue weighted by molar-refractivity contribution is 7.87. The van der Waals surface area contributed by atoms with Gasteiger partial charge >= 0.3 is 0 Å². The molecule has 0 rings (SSSR count). The van der Waals surface area contributed by atoms with E-state index in [9.17, 15) is 8.42 Å². The van der Waals surface area contributed by atoms with Crippen molar-refractivity contribution in [3.8, 4) is 0 Å². The van der Waals surface area contributed by atoms with Crippen LogP contribution in [-0.2, 0) is 10.1 Å². The van der Waals surface area contributed by atoms with Gasteiger partial charge in [-0.2, -0.15) is 8.42 Å². The molecule has 4 heteroatoms. The zero-order valence-electron chi connectivity index (χ0n) is 3.25. The Morgan fingerprint density at radius 1 is 1.67 bits per heavy atom. The summed E-state index contributed by atoms with van der Waals surface area (Å²) in [7, 11) is -3.79. The molecule has 0 aromatic rings. The fourth-order valence-electron chi connectivity index (χ4n) is 0. The second-order valence-corrected chi connectivity index (χ2v) is 2.25. The lowest BCUT2D eigenvalue weighted by Crippen LogP contribution is -1.91. The first-order valence-electron chi connectivity index (χ1n) is 1.33. The van der Waals surface area contributed by atoms with Crippen LogP contribution in [0.4, 0.5) is 0 Å². The van der Waals surface area contributed by atoms with Crippen LogP contribution >= 0.6 is 0 Å². The lowest BCUT2D eigenvalue weighted by molar-refractivity contribution is 0.490. The Hall–Kier alpha value is -0.0900. The van der Waals surface area contributed by atoms with Crippen LogP contribution in [0.3, 0.4) is 0 Å². The van der Waals surface area contributed by atoms with Crippen LogP contribution in [-0.4, -0.2) is 13.0 Å². The van der Waals surface area contributed by atoms with Crippen molar-refractivity contribution in [3.05, 3.63) is 5.75 Å². The van der Waals surface area contributed by atoms with E-state index in [1.807, 2.05) is 0 Å². The van der Waals surface area contributed by atoms with Gasteiger partial charge in [0.1, 0.15) is 5.75 Å². The molecule has 3 nitrogen and oxygen atoms in total. The summed E-state index contributed by atoms with van der Waals surface area (Å²) < 4.78 is 26.7. The smallest absolute Gasteiger partial charge is 0.268 e. The van der Waals surface area contributed by atoms with Crippen LogP contribution < -0.4 is 0 Å². The predicted octanol–water partition coefficient (Wildman–Crippen LogP) is 0.0559. The van der Waals surface area contributed by atoms with E-state index in [-0.39, 0.29) is 0 Å². The maximum atomic E-state index is 9.50. The maximum Gasteiger partial charge on any atom is 0.268 e. The van der Waals surface area contributed by atoms with Gasteiger partial charge in [-0.1, -0.05) is 0 Å². The van der Waals surface area contributed by atoms with Crippen LogP contribution in [0.2, 0.25) is 0 Å². The van der Waals surface area contributed by atoms with Gasteiger partial charge in [0.05, 0.1) is 0 Å². The van der Waals surface area contributed by atoms with Crippen molar-refractivity contribution in [1.29, 1.82) is 0 Å². The minimum absolute atomic E-state index is 0.715. The van der Waals surface area contributed by atoms with Gasteiger partial charge in [0, 0.05) is 0 Å². The molecule has 0 atom stereocenters. The molecule has 0 aromatic carbocycles. The molecular weight excluding hydrogens is 104 g/mol. The van der Waals surface area contributed by atoms with Crippen LogP contribution in [0, 0.1) is 5.75 Å². The van der Waals surface area contributed by atoms with Gasteiger partial charge in [-0.15, -0.1) is 0 Å². The third-order valence-corrected chi connectivity index (χ3v) is 0.894. The Balaban J connectivity index is 3.85. The minimum atomic E-state index is -3.79. The summed E-state index contributed by atoms with van der Waals surface area (Å²) in [6.07, 6.45) is 0. The second kappa shape index (κ2) is 1.57. The Morgan fingerprint density at radius 2 is 1.83 bits per heavy atom. The average Bonchev–Trinajstić information content (AvgIpc) is 1.35. The Bertz CT molecular complexity index is 111. The van der Waals surface area contributed by atoms with Gasteiger partial charge in [0.25, 0.3) is 10.1 Å². The van der Waals surface area contributed by atoms with Gasteiger partial charge in [-0.3, -0.25) is 4.55 Å². The summed E-state index contributed by atoms with van der Waals surface area (Å²) in [4.78, 5) is 0. The lowest BCUT2D eigenvalue weighted by atomic mass is 11.0. The average molecular weight is 109 g/mol. The van der Waals surface area contributed by atoms with Gasteiger partial charge in [-0.05, 0) is 6.92 Å². The SMILES string of the molecule is C[CH]S(=O)(=O)O. The molecule has 0 aliphatic rings. The Labute approximate surface area is 36.7 Å². The van der Waals surface area contributed by atoms with Crippen LogP contribution in [0.1, 0.15) is 6.92 Å². The Kier molecular flexibility index (Phi) is 1.55. The molecular formula is C2H5O3S. The monoisotopic (exact) mass is 109 g/mol. The first-order chi connectivity index (χ1) is 2.56. The van der Waals surface area contributed by atoms with Crippen LogP contribution in [0.5, 0.6) is 0 Å². The molecule has 37 valence electrons. The molecule has 0 saturated heterocycles. The fourth-order valence-corrected chi connectivity index (χ4v) is 0. The van der Waals surface area contributed by atoms with Gasteiger partial charge in [-0.25, -0.2) is 0 Å². The number of hydrogen-bond acceptors (Lipinski definition) is 2. The van der Waals surface area contributed by atoms with Crippen molar-refractivity contribution in [2.45, 2.75) is 6.92 Å². The highest BCUT2D eigenvalue weighted by atomic mass is 32.2. The van der Waals surface area contributed by atoms with E-state index in [0.717, 1.165) is 0 Å². The fraction of sp³-hybridized carbons (Fsp3) is 0.500. The van der Waals surface area contributed by atoms with Gasteiger partial charge < -0.3 is 0 Å². The van der Waals surface area contributed by atoms with Gasteiger partial charge in [0.2, 0.25) is 0 Å². The topological polar surface area (TPSA) is 54.4 Å². The molecule has 0 unspecified atom stereocenters. The van der Waals surface area contributed by atoms with Crippen molar-refractivity contribution >= 4 is 10.1 Å². The molecule has 0 spiro atoms. The maximum absolute atomic E-state index is 9.50. The standard InChI is InChI=1S/C2H5O3S/c1-2-6(3,4)5/h2H,1H3,(H,3,4,5). The lowest BCUT2D eigenvalue weighted by Gasteiger charge is -1.79. The van der Waals surface area contributed by atoms with Crippen molar-refractivity contribution < 1.29 is 13.0 Å². The minimum Gasteiger partial charge on any atom is -0.285 e. The van der Waals surface area contributed by atoms with E-state index in [1.54, 1.807) is 0 Å². The molecule has 0 bridgehead atoms. The predicted molar refractivity (Wildman–Crippen MR) is 21.5 cm³/mol. The molecule has 0 fully saturated rings. The van der Waals surface area contributed by atoms with E-state index in [2.05, 4.69) is 0 Å². The van der Waals surface area contributed by atoms with E-state index in [0.29, 0.717) is 5.75 Å². The van der Waals surface area contributed by atoms with Crippen LogP contribution in [0.25, 0.3) is 0 Å². The first-order valence-corrected chi connectivity index (χ1v) is 2.83. The zero-order chi connectivity index (χ0) is 5.21. The van der Waals surface area contributed by atoms with Gasteiger partial charge in [0.15, 0.2) is 0 Å². The largest absolute Gasteiger partial charge is 0.285 e. The molecule has 0 amide bonds. The molecule has 0 aliphatic heterocycles. The third kappa shape index (κ3) is 3.91. The molecule has 1 N–H and O–H groups in total. The summed E-state index contributed by atoms with van der Waals surface area (Å²) in [5.74, 6) is 0.715. The molecule has 0 saturated carbocycles. The third-order valence-electron chi connectivity index (χ3n) is 0.298. The molecule has 6 heavy (non-hydrogen) atoms. The van der Waals surface area contributed by atoms with Crippen LogP contribution in [0.15, 0.2) is 0 Å². The zero-order valence-corrected chi connectivity index (χ0v) is 4.07. The summed E-state index contributed by atoms with van der Waals surface area (Å²) in [5, 5.41) is 0. The van der Waals surface area contributed by atoms with E-state index in [1.165, 1.54) is 6.92 Å². The van der Waals surface area contributed by atoms with Crippen molar-refractivity contribution in [2.75, 3.05) is 0 Å². The molecule has 0 aromatic heterocycles. The van der Waals surface area contributed by atoms with Crippen molar-refractivity contribution in [2.24, 2.45) is 0 Å². The quantitative estimate of drug-likeness (QED) is 0.484. The molecule has 0 aliphatic carbocycles. The number of rotatable bonds is 1. The molecule has 1 radical (unpaired) electrons. The number of hydrogen-bond donors (Lipinski definition) is 1. The first kappa shape index (κ1) is 5.91. The Morgan fingerprint density at radius 3 is 1.83 bits per heavy atom. The van der Waals surface area contributed by atoms with Crippen molar-refractivity contribution in [1.82, 2.24) is 0 Å². The summed E-state index contributed by atoms with van der Waals surface area (Å²) >= 11 is 0. The highest BCUT2D eigenvalue weighted by Crippen LogP contribution is 1.82. The summed E-state index contributed by atoms with van der Waals surface area (Å²) in [6.45, 7) is 1.25. The summed E-state index contributed by atoms with van der Waals surface area (Å²) in [5.41, 5.74) is 0. The van der Waals surface area contributed by atoms with E-state index in [4.69, 9.17) is 4.55 Å². The second-order valence-electron chi connectivity index (χ2n) is 0.751. The normalized spacial score (nSPS) is 11.7.